The van der Waals surface area contributed by atoms with Crippen molar-refractivity contribution in [2.24, 2.45) is 0 Å². The molecule has 0 radical (unpaired) electrons. The van der Waals surface area contributed by atoms with E-state index in [1.807, 2.05) is 19.1 Å². The first kappa shape index (κ1) is 21.9. The van der Waals surface area contributed by atoms with E-state index >= 15 is 0 Å². The molecule has 0 atom stereocenters. The fourth-order valence-corrected chi connectivity index (χ4v) is 4.28. The molecule has 1 saturated heterocycles. The monoisotopic (exact) mass is 432 g/mol. The molecule has 1 N–H and O–H groups in total. The smallest absolute Gasteiger partial charge is 0.311 e. The molecule has 30 heavy (non-hydrogen) atoms. The molecule has 3 rings (SSSR count). The largest absolute Gasteiger partial charge is 0.427 e. The summed E-state index contributed by atoms with van der Waals surface area (Å²) in [6.07, 6.45) is -0.109. The van der Waals surface area contributed by atoms with Gasteiger partial charge < -0.3 is 14.8 Å². The topological polar surface area (TPSA) is 102 Å². The zero-order valence-corrected chi connectivity index (χ0v) is 17.5. The van der Waals surface area contributed by atoms with Crippen LogP contribution in [0.15, 0.2) is 53.4 Å². The number of esters is 1. The number of anilines is 1. The summed E-state index contributed by atoms with van der Waals surface area (Å²) in [6, 6.07) is 13.0. The Kier molecular flexibility index (Phi) is 7.20. The van der Waals surface area contributed by atoms with Crippen LogP contribution in [0.2, 0.25) is 0 Å². The second kappa shape index (κ2) is 9.84. The number of aryl methyl sites for hydroxylation is 1. The molecule has 0 saturated carbocycles. The molecule has 8 nitrogen and oxygen atoms in total. The molecule has 2 aromatic rings. The van der Waals surface area contributed by atoms with Crippen molar-refractivity contribution in [2.75, 3.05) is 31.6 Å². The molecule has 160 valence electrons. The zero-order valence-electron chi connectivity index (χ0n) is 16.7. The molecular formula is C21H24N2O6S. The van der Waals surface area contributed by atoms with Gasteiger partial charge in [-0.05, 0) is 43.3 Å². The zero-order chi connectivity index (χ0) is 21.6. The van der Waals surface area contributed by atoms with Crippen LogP contribution in [0.3, 0.4) is 0 Å². The molecule has 0 spiro atoms. The molecule has 2 aromatic carbocycles. The van der Waals surface area contributed by atoms with E-state index in [9.17, 15) is 18.0 Å². The van der Waals surface area contributed by atoms with Gasteiger partial charge in [-0.3, -0.25) is 9.59 Å². The van der Waals surface area contributed by atoms with Gasteiger partial charge in [-0.2, -0.15) is 4.31 Å². The highest BCUT2D eigenvalue weighted by Gasteiger charge is 2.26. The average molecular weight is 432 g/mol. The number of sulfonamides is 1. The number of benzene rings is 2. The molecule has 1 aliphatic heterocycles. The van der Waals surface area contributed by atoms with Crippen LogP contribution in [0.1, 0.15) is 18.4 Å². The van der Waals surface area contributed by atoms with Gasteiger partial charge in [0.25, 0.3) is 0 Å². The van der Waals surface area contributed by atoms with Crippen molar-refractivity contribution in [1.29, 1.82) is 0 Å². The summed E-state index contributed by atoms with van der Waals surface area (Å²) < 4.78 is 36.9. The van der Waals surface area contributed by atoms with Gasteiger partial charge in [0.1, 0.15) is 5.75 Å². The van der Waals surface area contributed by atoms with E-state index in [0.29, 0.717) is 37.7 Å². The van der Waals surface area contributed by atoms with Crippen LogP contribution in [0, 0.1) is 6.92 Å². The maximum absolute atomic E-state index is 12.6. The van der Waals surface area contributed by atoms with Crippen LogP contribution in [0.4, 0.5) is 5.69 Å². The third-order valence-corrected chi connectivity index (χ3v) is 6.47. The summed E-state index contributed by atoms with van der Waals surface area (Å²) >= 11 is 0. The maximum atomic E-state index is 12.6. The number of carbonyl (C=O) groups excluding carboxylic acids is 2. The lowest BCUT2D eigenvalue weighted by Crippen LogP contribution is -2.40. The Labute approximate surface area is 175 Å². The van der Waals surface area contributed by atoms with Crippen molar-refractivity contribution in [1.82, 2.24) is 4.31 Å². The molecule has 0 aliphatic carbocycles. The number of amides is 1. The van der Waals surface area contributed by atoms with Crippen molar-refractivity contribution in [2.45, 2.75) is 24.7 Å². The number of morpholine rings is 1. The summed E-state index contributed by atoms with van der Waals surface area (Å²) in [6.45, 7) is 3.32. The van der Waals surface area contributed by atoms with Crippen LogP contribution in [-0.4, -0.2) is 50.9 Å². The number of ether oxygens (including phenoxy) is 2. The minimum absolute atomic E-state index is 0.0431. The maximum Gasteiger partial charge on any atom is 0.311 e. The van der Waals surface area contributed by atoms with E-state index in [0.717, 1.165) is 5.56 Å². The fourth-order valence-electron chi connectivity index (χ4n) is 2.87. The number of hydrogen-bond acceptors (Lipinski definition) is 6. The predicted octanol–water partition coefficient (Wildman–Crippen LogP) is 2.34. The van der Waals surface area contributed by atoms with Crippen molar-refractivity contribution in [3.63, 3.8) is 0 Å². The highest BCUT2D eigenvalue weighted by Crippen LogP contribution is 2.20. The second-order valence-electron chi connectivity index (χ2n) is 6.88. The van der Waals surface area contributed by atoms with Gasteiger partial charge in [-0.15, -0.1) is 0 Å². The Morgan fingerprint density at radius 3 is 2.27 bits per heavy atom. The molecule has 1 fully saturated rings. The summed E-state index contributed by atoms with van der Waals surface area (Å²) in [5, 5.41) is 2.65. The number of hydrogen-bond donors (Lipinski definition) is 1. The Balaban J connectivity index is 1.49. The number of nitrogens with zero attached hydrogens (tertiary/aromatic N) is 1. The van der Waals surface area contributed by atoms with Crippen LogP contribution in [0.5, 0.6) is 5.75 Å². The quantitative estimate of drug-likeness (QED) is 0.532. The Hall–Kier alpha value is -2.75. The third kappa shape index (κ3) is 5.88. The number of carbonyl (C=O) groups is 2. The van der Waals surface area contributed by atoms with Gasteiger partial charge >= 0.3 is 5.97 Å². The Bertz CT molecular complexity index is 981. The lowest BCUT2D eigenvalue weighted by molar-refractivity contribution is -0.135. The lowest BCUT2D eigenvalue weighted by Gasteiger charge is -2.26. The van der Waals surface area contributed by atoms with E-state index in [-0.39, 0.29) is 23.6 Å². The highest BCUT2D eigenvalue weighted by atomic mass is 32.2. The average Bonchev–Trinajstić information content (AvgIpc) is 2.75. The van der Waals surface area contributed by atoms with E-state index in [4.69, 9.17) is 9.47 Å². The van der Waals surface area contributed by atoms with E-state index in [1.54, 1.807) is 12.1 Å². The summed E-state index contributed by atoms with van der Waals surface area (Å²) in [5.74, 6) is -0.427. The molecule has 1 heterocycles. The van der Waals surface area contributed by atoms with Gasteiger partial charge in [-0.25, -0.2) is 8.42 Å². The molecule has 9 heteroatoms. The molecule has 0 unspecified atom stereocenters. The van der Waals surface area contributed by atoms with Crippen LogP contribution < -0.4 is 10.1 Å². The van der Waals surface area contributed by atoms with Crippen molar-refractivity contribution in [3.8, 4) is 5.75 Å². The molecule has 0 bridgehead atoms. The first-order valence-corrected chi connectivity index (χ1v) is 11.0. The Morgan fingerprint density at radius 2 is 1.63 bits per heavy atom. The first-order chi connectivity index (χ1) is 14.3. The van der Waals surface area contributed by atoms with Crippen LogP contribution in [-0.2, 0) is 24.3 Å². The number of rotatable bonds is 7. The summed E-state index contributed by atoms with van der Waals surface area (Å²) in [4.78, 5) is 24.1. The first-order valence-electron chi connectivity index (χ1n) is 9.60. The molecule has 1 amide bonds. The summed E-state index contributed by atoms with van der Waals surface area (Å²) in [5.41, 5.74) is 1.51. The molecular weight excluding hydrogens is 408 g/mol. The van der Waals surface area contributed by atoms with Crippen molar-refractivity contribution in [3.05, 3.63) is 54.1 Å². The van der Waals surface area contributed by atoms with Gasteiger partial charge in [0.2, 0.25) is 15.9 Å². The SMILES string of the molecule is Cc1ccc(OC(=O)CCC(=O)Nc2ccc(S(=O)(=O)N3CCOCC3)cc2)cc1. The Morgan fingerprint density at radius 1 is 1.00 bits per heavy atom. The molecule has 1 aliphatic rings. The standard InChI is InChI=1S/C21H24N2O6S/c1-16-2-6-18(7-3-16)29-21(25)11-10-20(24)22-17-4-8-19(9-5-17)30(26,27)23-12-14-28-15-13-23/h2-9H,10-15H2,1H3,(H,22,24). The van der Waals surface area contributed by atoms with E-state index in [2.05, 4.69) is 5.32 Å². The van der Waals surface area contributed by atoms with Crippen LogP contribution in [0.25, 0.3) is 0 Å². The van der Waals surface area contributed by atoms with Crippen molar-refractivity contribution < 1.29 is 27.5 Å². The van der Waals surface area contributed by atoms with Crippen LogP contribution >= 0.6 is 0 Å². The lowest BCUT2D eigenvalue weighted by atomic mass is 10.2. The van der Waals surface area contributed by atoms with Gasteiger partial charge in [0, 0.05) is 25.2 Å². The minimum atomic E-state index is -3.58. The minimum Gasteiger partial charge on any atom is -0.427 e. The van der Waals surface area contributed by atoms with Crippen molar-refractivity contribution >= 4 is 27.6 Å². The van der Waals surface area contributed by atoms with E-state index < -0.39 is 16.0 Å². The summed E-state index contributed by atoms with van der Waals surface area (Å²) in [7, 11) is -3.58. The number of nitrogens with one attached hydrogen (secondary N) is 1. The molecule has 0 aromatic heterocycles. The van der Waals surface area contributed by atoms with Gasteiger partial charge in [-0.1, -0.05) is 17.7 Å². The fraction of sp³-hybridized carbons (Fsp3) is 0.333. The second-order valence-corrected chi connectivity index (χ2v) is 8.81. The van der Waals surface area contributed by atoms with E-state index in [1.165, 1.54) is 28.6 Å². The predicted molar refractivity (Wildman–Crippen MR) is 111 cm³/mol. The third-order valence-electron chi connectivity index (χ3n) is 4.55. The van der Waals surface area contributed by atoms with Gasteiger partial charge in [0.15, 0.2) is 0 Å². The van der Waals surface area contributed by atoms with Gasteiger partial charge in [0.05, 0.1) is 24.5 Å². The highest BCUT2D eigenvalue weighted by molar-refractivity contribution is 7.89. The normalized spacial score (nSPS) is 14.8.